The maximum atomic E-state index is 12.0. The van der Waals surface area contributed by atoms with Crippen LogP contribution in [-0.4, -0.2) is 42.0 Å². The van der Waals surface area contributed by atoms with E-state index in [0.29, 0.717) is 0 Å². The Labute approximate surface area is 110 Å². The third-order valence-corrected chi connectivity index (χ3v) is 3.06. The summed E-state index contributed by atoms with van der Waals surface area (Å²) in [6.45, 7) is 2.86. The monoisotopic (exact) mass is 283 g/mol. The van der Waals surface area contributed by atoms with Crippen LogP contribution in [0.1, 0.15) is 33.1 Å². The zero-order valence-corrected chi connectivity index (χ0v) is 11.1. The Balaban J connectivity index is 2.56. The van der Waals surface area contributed by atoms with Crippen LogP contribution in [0, 0.1) is 5.92 Å². The highest BCUT2D eigenvalue weighted by Crippen LogP contribution is 2.40. The normalized spacial score (nSPS) is 19.5. The third kappa shape index (κ3) is 4.99. The molecule has 0 radical (unpaired) electrons. The first-order valence-electron chi connectivity index (χ1n) is 6.33. The molecular weight excluding hydrogens is 263 g/mol. The molecule has 0 heterocycles. The predicted molar refractivity (Wildman–Crippen MR) is 62.9 cm³/mol. The predicted octanol–water partition coefficient (Wildman–Crippen LogP) is 2.19. The fourth-order valence-electron chi connectivity index (χ4n) is 2.09. The number of hydrogen-bond donors (Lipinski definition) is 2. The number of aliphatic carboxylic acids is 1. The largest absolute Gasteiger partial charge is 0.480 e. The SMILES string of the molecule is CC(C)NC(COCCC(F)(F)F)(C(=O)O)C1CC1. The highest BCUT2D eigenvalue weighted by molar-refractivity contribution is 5.80. The lowest BCUT2D eigenvalue weighted by Gasteiger charge is -2.32. The van der Waals surface area contributed by atoms with Crippen LogP contribution < -0.4 is 5.32 Å². The minimum atomic E-state index is -4.28. The quantitative estimate of drug-likeness (QED) is 0.670. The van der Waals surface area contributed by atoms with Gasteiger partial charge in [0, 0.05) is 6.04 Å². The summed E-state index contributed by atoms with van der Waals surface area (Å²) in [6.07, 6.45) is -3.82. The maximum Gasteiger partial charge on any atom is 0.391 e. The van der Waals surface area contributed by atoms with Crippen molar-refractivity contribution in [1.82, 2.24) is 5.32 Å². The molecule has 1 aliphatic carbocycles. The van der Waals surface area contributed by atoms with Crippen LogP contribution in [0.2, 0.25) is 0 Å². The maximum absolute atomic E-state index is 12.0. The first-order valence-corrected chi connectivity index (χ1v) is 6.33. The fraction of sp³-hybridized carbons (Fsp3) is 0.917. The Kier molecular flexibility index (Phi) is 5.20. The number of carboxylic acids is 1. The molecule has 1 unspecified atom stereocenters. The van der Waals surface area contributed by atoms with Crippen LogP contribution in [0.3, 0.4) is 0 Å². The summed E-state index contributed by atoms with van der Waals surface area (Å²) in [5.74, 6) is -1.13. The van der Waals surface area contributed by atoms with Crippen LogP contribution in [0.15, 0.2) is 0 Å². The molecule has 0 aromatic rings. The molecule has 1 aliphatic rings. The zero-order chi connectivity index (χ0) is 14.7. The topological polar surface area (TPSA) is 58.6 Å². The summed E-state index contributed by atoms with van der Waals surface area (Å²) in [5.41, 5.74) is -1.26. The number of nitrogens with one attached hydrogen (secondary N) is 1. The summed E-state index contributed by atoms with van der Waals surface area (Å²) in [5, 5.41) is 12.3. The molecular formula is C12H20F3NO3. The molecule has 0 aliphatic heterocycles. The first-order chi connectivity index (χ1) is 8.67. The van der Waals surface area contributed by atoms with Crippen molar-refractivity contribution in [3.63, 3.8) is 0 Å². The Morgan fingerprint density at radius 1 is 1.42 bits per heavy atom. The van der Waals surface area contributed by atoms with E-state index >= 15 is 0 Å². The summed E-state index contributed by atoms with van der Waals surface area (Å²) in [6, 6.07) is -0.0806. The van der Waals surface area contributed by atoms with Crippen molar-refractivity contribution in [2.45, 2.75) is 50.9 Å². The molecule has 1 fully saturated rings. The van der Waals surface area contributed by atoms with E-state index in [4.69, 9.17) is 4.74 Å². The number of carbonyl (C=O) groups is 1. The van der Waals surface area contributed by atoms with E-state index in [1.165, 1.54) is 0 Å². The van der Waals surface area contributed by atoms with E-state index in [2.05, 4.69) is 5.32 Å². The lowest BCUT2D eigenvalue weighted by Crippen LogP contribution is -2.59. The number of halogens is 3. The van der Waals surface area contributed by atoms with Crippen LogP contribution in [0.5, 0.6) is 0 Å². The van der Waals surface area contributed by atoms with E-state index < -0.39 is 30.7 Å². The van der Waals surface area contributed by atoms with Gasteiger partial charge >= 0.3 is 12.1 Å². The van der Waals surface area contributed by atoms with Gasteiger partial charge in [0.2, 0.25) is 0 Å². The first kappa shape index (κ1) is 16.2. The van der Waals surface area contributed by atoms with Gasteiger partial charge in [0.1, 0.15) is 5.54 Å². The van der Waals surface area contributed by atoms with Crippen molar-refractivity contribution >= 4 is 5.97 Å². The van der Waals surface area contributed by atoms with E-state index in [9.17, 15) is 23.1 Å². The smallest absolute Gasteiger partial charge is 0.391 e. The average Bonchev–Trinajstić information content (AvgIpc) is 3.03. The van der Waals surface area contributed by atoms with Crippen LogP contribution in [0.4, 0.5) is 13.2 Å². The third-order valence-electron chi connectivity index (χ3n) is 3.06. The minimum absolute atomic E-state index is 0.0710. The molecule has 19 heavy (non-hydrogen) atoms. The molecule has 7 heteroatoms. The summed E-state index contributed by atoms with van der Waals surface area (Å²) in [4.78, 5) is 11.5. The summed E-state index contributed by atoms with van der Waals surface area (Å²) >= 11 is 0. The van der Waals surface area contributed by atoms with Crippen molar-refractivity contribution in [3.8, 4) is 0 Å². The second kappa shape index (κ2) is 6.09. The van der Waals surface area contributed by atoms with Gasteiger partial charge in [-0.1, -0.05) is 0 Å². The zero-order valence-electron chi connectivity index (χ0n) is 11.1. The Morgan fingerprint density at radius 3 is 2.37 bits per heavy atom. The molecule has 0 spiro atoms. The molecule has 112 valence electrons. The van der Waals surface area contributed by atoms with Gasteiger partial charge in [0.05, 0.1) is 19.6 Å². The number of ether oxygens (including phenoxy) is 1. The van der Waals surface area contributed by atoms with Gasteiger partial charge in [-0.15, -0.1) is 0 Å². The molecule has 1 rings (SSSR count). The van der Waals surface area contributed by atoms with Crippen molar-refractivity contribution in [3.05, 3.63) is 0 Å². The molecule has 2 N–H and O–H groups in total. The van der Waals surface area contributed by atoms with Crippen molar-refractivity contribution < 1.29 is 27.8 Å². The Bertz CT molecular complexity index is 316. The molecule has 0 bridgehead atoms. The minimum Gasteiger partial charge on any atom is -0.480 e. The van der Waals surface area contributed by atoms with Gasteiger partial charge in [0.25, 0.3) is 0 Å². The van der Waals surface area contributed by atoms with Crippen LogP contribution in [0.25, 0.3) is 0 Å². The van der Waals surface area contributed by atoms with Gasteiger partial charge in [-0.2, -0.15) is 13.2 Å². The fourth-order valence-corrected chi connectivity index (χ4v) is 2.09. The van der Waals surface area contributed by atoms with Gasteiger partial charge < -0.3 is 9.84 Å². The van der Waals surface area contributed by atoms with E-state index in [0.717, 1.165) is 12.8 Å². The lowest BCUT2D eigenvalue weighted by molar-refractivity contribution is -0.155. The number of rotatable bonds is 8. The molecule has 0 saturated heterocycles. The standard InChI is InChI=1S/C12H20F3NO3/c1-8(2)16-11(10(17)18,9-3-4-9)7-19-6-5-12(13,14)15/h8-9,16H,3-7H2,1-2H3,(H,17,18). The van der Waals surface area contributed by atoms with Gasteiger partial charge in [-0.05, 0) is 32.6 Å². The van der Waals surface area contributed by atoms with Gasteiger partial charge in [0.15, 0.2) is 0 Å². The Morgan fingerprint density at radius 2 is 2.00 bits per heavy atom. The highest BCUT2D eigenvalue weighted by Gasteiger charge is 2.51. The summed E-state index contributed by atoms with van der Waals surface area (Å²) < 4.78 is 41.0. The van der Waals surface area contributed by atoms with Crippen LogP contribution >= 0.6 is 0 Å². The summed E-state index contributed by atoms with van der Waals surface area (Å²) in [7, 11) is 0. The van der Waals surface area contributed by atoms with Gasteiger partial charge in [-0.3, -0.25) is 10.1 Å². The van der Waals surface area contributed by atoms with Gasteiger partial charge in [-0.25, -0.2) is 0 Å². The van der Waals surface area contributed by atoms with Crippen molar-refractivity contribution in [1.29, 1.82) is 0 Å². The molecule has 4 nitrogen and oxygen atoms in total. The second-order valence-corrected chi connectivity index (χ2v) is 5.27. The number of hydrogen-bond acceptors (Lipinski definition) is 3. The second-order valence-electron chi connectivity index (χ2n) is 5.27. The Hall–Kier alpha value is -0.820. The number of alkyl halides is 3. The van der Waals surface area contributed by atoms with E-state index in [-0.39, 0.29) is 18.6 Å². The van der Waals surface area contributed by atoms with E-state index in [1.807, 2.05) is 0 Å². The molecule has 1 atom stereocenters. The van der Waals surface area contributed by atoms with Crippen molar-refractivity contribution in [2.24, 2.45) is 5.92 Å². The van der Waals surface area contributed by atoms with Crippen LogP contribution in [-0.2, 0) is 9.53 Å². The molecule has 0 aromatic heterocycles. The molecule has 0 aromatic carbocycles. The van der Waals surface area contributed by atoms with Crippen molar-refractivity contribution in [2.75, 3.05) is 13.2 Å². The number of carboxylic acid groups (broad SMARTS) is 1. The molecule has 1 saturated carbocycles. The lowest BCUT2D eigenvalue weighted by atomic mass is 9.93. The van der Waals surface area contributed by atoms with E-state index in [1.54, 1.807) is 13.8 Å². The highest BCUT2D eigenvalue weighted by atomic mass is 19.4. The average molecular weight is 283 g/mol. The molecule has 0 amide bonds.